The van der Waals surface area contributed by atoms with Gasteiger partial charge in [-0.3, -0.25) is 4.79 Å². The molecular formula is C30H27ClFN5O2. The second-order valence-corrected chi connectivity index (χ2v) is 9.64. The van der Waals surface area contributed by atoms with Crippen molar-refractivity contribution in [3.63, 3.8) is 0 Å². The van der Waals surface area contributed by atoms with Gasteiger partial charge in [0.1, 0.15) is 30.3 Å². The van der Waals surface area contributed by atoms with E-state index in [1.165, 1.54) is 29.6 Å². The molecule has 4 N–H and O–H groups in total. The lowest BCUT2D eigenvalue weighted by Gasteiger charge is -2.13. The number of hydrogen-bond acceptors (Lipinski definition) is 6. The first-order chi connectivity index (χ1) is 18.9. The van der Waals surface area contributed by atoms with Gasteiger partial charge in [-0.25, -0.2) is 14.4 Å². The van der Waals surface area contributed by atoms with Crippen LogP contribution in [0.4, 0.5) is 15.9 Å². The number of nitrogens with one attached hydrogen (secondary N) is 2. The van der Waals surface area contributed by atoms with Crippen molar-refractivity contribution in [1.29, 1.82) is 0 Å². The summed E-state index contributed by atoms with van der Waals surface area (Å²) in [5.41, 5.74) is 11.0. The molecule has 0 spiro atoms. The number of nitrogens with zero attached hydrogens (tertiary/aromatic N) is 2. The summed E-state index contributed by atoms with van der Waals surface area (Å²) in [6.07, 6.45) is 6.89. The molecule has 1 heterocycles. The van der Waals surface area contributed by atoms with Gasteiger partial charge in [-0.15, -0.1) is 0 Å². The number of aromatic nitrogens is 2. The molecule has 1 amide bonds. The minimum absolute atomic E-state index is 0.208. The first-order valence-corrected chi connectivity index (χ1v) is 12.9. The molecule has 1 aliphatic rings. The molecule has 9 heteroatoms. The molecule has 0 unspecified atom stereocenters. The average molecular weight is 544 g/mol. The van der Waals surface area contributed by atoms with Gasteiger partial charge in [0, 0.05) is 30.6 Å². The number of carbonyl (C=O) groups excluding carboxylic acids is 1. The van der Waals surface area contributed by atoms with Crippen molar-refractivity contribution >= 4 is 45.5 Å². The summed E-state index contributed by atoms with van der Waals surface area (Å²) in [5, 5.41) is 7.91. The van der Waals surface area contributed by atoms with E-state index in [0.29, 0.717) is 36.1 Å². The zero-order valence-corrected chi connectivity index (χ0v) is 21.8. The molecule has 5 rings (SSSR count). The van der Waals surface area contributed by atoms with Gasteiger partial charge in [0.2, 0.25) is 5.91 Å². The van der Waals surface area contributed by atoms with Crippen LogP contribution in [-0.2, 0) is 11.4 Å². The number of anilines is 2. The number of primary amides is 1. The second kappa shape index (κ2) is 12.1. The summed E-state index contributed by atoms with van der Waals surface area (Å²) in [5.74, 6) is 0.544. The third-order valence-electron chi connectivity index (χ3n) is 6.32. The van der Waals surface area contributed by atoms with E-state index in [4.69, 9.17) is 22.1 Å². The number of carbonyl (C=O) groups is 1. The number of ether oxygens (including phenoxy) is 1. The van der Waals surface area contributed by atoms with Gasteiger partial charge in [-0.2, -0.15) is 0 Å². The van der Waals surface area contributed by atoms with E-state index in [1.807, 2.05) is 12.1 Å². The van der Waals surface area contributed by atoms with Gasteiger partial charge in [0.05, 0.1) is 10.5 Å². The topological polar surface area (TPSA) is 102 Å². The quantitative estimate of drug-likeness (QED) is 0.203. The summed E-state index contributed by atoms with van der Waals surface area (Å²) < 4.78 is 19.2. The van der Waals surface area contributed by atoms with Crippen LogP contribution in [0, 0.1) is 5.82 Å². The van der Waals surface area contributed by atoms with Crippen LogP contribution in [-0.4, -0.2) is 29.0 Å². The number of fused-ring (bicyclic) bond motifs is 1. The van der Waals surface area contributed by atoms with Gasteiger partial charge in [0.25, 0.3) is 0 Å². The maximum atomic E-state index is 13.4. The summed E-state index contributed by atoms with van der Waals surface area (Å²) >= 11 is 6.48. The molecule has 0 atom stereocenters. The SMILES string of the molecule is NC(=O)CCNCC1=CC=C(c2ccc3ncnc(Nc4ccc(OCc5cccc(F)c5)c(Cl)c4)c3c2)C1. The number of halogens is 2. The molecule has 0 aliphatic heterocycles. The van der Waals surface area contributed by atoms with Crippen molar-refractivity contribution in [2.24, 2.45) is 5.73 Å². The van der Waals surface area contributed by atoms with Crippen LogP contribution in [0.1, 0.15) is 24.0 Å². The van der Waals surface area contributed by atoms with E-state index in [0.717, 1.165) is 34.1 Å². The molecule has 198 valence electrons. The number of nitrogens with two attached hydrogens (primary N) is 1. The Balaban J connectivity index is 1.26. The normalized spacial score (nSPS) is 12.8. The third kappa shape index (κ3) is 6.79. The molecule has 0 bridgehead atoms. The fraction of sp³-hybridized carbons (Fsp3) is 0.167. The molecule has 0 fully saturated rings. The monoisotopic (exact) mass is 543 g/mol. The Morgan fingerprint density at radius 3 is 2.79 bits per heavy atom. The molecule has 0 saturated heterocycles. The van der Waals surface area contributed by atoms with Gasteiger partial charge < -0.3 is 21.1 Å². The first kappa shape index (κ1) is 26.3. The number of allylic oxidation sites excluding steroid dienone is 3. The molecule has 1 aliphatic carbocycles. The highest BCUT2D eigenvalue weighted by Crippen LogP contribution is 2.33. The van der Waals surface area contributed by atoms with Gasteiger partial charge in [-0.1, -0.05) is 47.5 Å². The van der Waals surface area contributed by atoms with Crippen molar-refractivity contribution in [2.45, 2.75) is 19.4 Å². The number of benzene rings is 3. The van der Waals surface area contributed by atoms with Crippen LogP contribution in [0.25, 0.3) is 16.5 Å². The molecule has 39 heavy (non-hydrogen) atoms. The zero-order valence-electron chi connectivity index (χ0n) is 21.1. The van der Waals surface area contributed by atoms with Crippen LogP contribution in [0.2, 0.25) is 5.02 Å². The molecule has 0 saturated carbocycles. The van der Waals surface area contributed by atoms with Gasteiger partial charge >= 0.3 is 0 Å². The predicted octanol–water partition coefficient (Wildman–Crippen LogP) is 5.92. The maximum absolute atomic E-state index is 13.4. The van der Waals surface area contributed by atoms with E-state index in [-0.39, 0.29) is 18.3 Å². The summed E-state index contributed by atoms with van der Waals surface area (Å²) in [4.78, 5) is 19.8. The highest BCUT2D eigenvalue weighted by atomic mass is 35.5. The van der Waals surface area contributed by atoms with Crippen molar-refractivity contribution in [1.82, 2.24) is 15.3 Å². The first-order valence-electron chi connectivity index (χ1n) is 12.5. The van der Waals surface area contributed by atoms with Crippen molar-refractivity contribution < 1.29 is 13.9 Å². The van der Waals surface area contributed by atoms with E-state index in [9.17, 15) is 9.18 Å². The number of hydrogen-bond donors (Lipinski definition) is 3. The molecule has 0 radical (unpaired) electrons. The van der Waals surface area contributed by atoms with Crippen LogP contribution < -0.4 is 21.1 Å². The van der Waals surface area contributed by atoms with E-state index in [1.54, 1.807) is 24.3 Å². The van der Waals surface area contributed by atoms with Crippen molar-refractivity contribution in [3.05, 3.63) is 107 Å². The van der Waals surface area contributed by atoms with Gasteiger partial charge in [0.15, 0.2) is 0 Å². The largest absolute Gasteiger partial charge is 0.487 e. The van der Waals surface area contributed by atoms with Crippen LogP contribution in [0.15, 0.2) is 84.7 Å². The lowest BCUT2D eigenvalue weighted by molar-refractivity contribution is -0.117. The summed E-state index contributed by atoms with van der Waals surface area (Å²) in [7, 11) is 0. The standard InChI is InChI=1S/C30H27ClFN5O2/c31-26-15-24(7-9-28(26)39-17-20-2-1-3-23(32)13-20)37-30-25-14-22(6-8-27(25)35-18-36-30)21-5-4-19(12-21)16-34-11-10-29(33)38/h1-9,13-15,18,34H,10-12,16-17H2,(H2,33,38)(H,35,36,37). The lowest BCUT2D eigenvalue weighted by Crippen LogP contribution is -2.23. The van der Waals surface area contributed by atoms with Crippen molar-refractivity contribution in [3.8, 4) is 5.75 Å². The average Bonchev–Trinajstić information content (AvgIpc) is 3.40. The van der Waals surface area contributed by atoms with E-state index in [2.05, 4.69) is 44.9 Å². The highest BCUT2D eigenvalue weighted by molar-refractivity contribution is 6.32. The minimum Gasteiger partial charge on any atom is -0.487 e. The molecular weight excluding hydrogens is 517 g/mol. The summed E-state index contributed by atoms with van der Waals surface area (Å²) in [6, 6.07) is 17.8. The fourth-order valence-corrected chi connectivity index (χ4v) is 4.57. The zero-order chi connectivity index (χ0) is 27.2. The van der Waals surface area contributed by atoms with Crippen LogP contribution >= 0.6 is 11.6 Å². The van der Waals surface area contributed by atoms with Crippen LogP contribution in [0.3, 0.4) is 0 Å². The Morgan fingerprint density at radius 2 is 1.97 bits per heavy atom. The van der Waals surface area contributed by atoms with Crippen LogP contribution in [0.5, 0.6) is 5.75 Å². The number of amides is 1. The Kier molecular flexibility index (Phi) is 8.15. The van der Waals surface area contributed by atoms with E-state index >= 15 is 0 Å². The molecule has 3 aromatic carbocycles. The Morgan fingerprint density at radius 1 is 1.08 bits per heavy atom. The van der Waals surface area contributed by atoms with Gasteiger partial charge in [-0.05, 0) is 65.6 Å². The summed E-state index contributed by atoms with van der Waals surface area (Å²) in [6.45, 7) is 1.48. The maximum Gasteiger partial charge on any atom is 0.218 e. The second-order valence-electron chi connectivity index (χ2n) is 9.23. The fourth-order valence-electron chi connectivity index (χ4n) is 4.34. The smallest absolute Gasteiger partial charge is 0.218 e. The highest BCUT2D eigenvalue weighted by Gasteiger charge is 2.13. The van der Waals surface area contributed by atoms with E-state index < -0.39 is 0 Å². The Bertz CT molecular complexity index is 1590. The molecule has 1 aromatic heterocycles. The Hall–Kier alpha value is -4.27. The number of rotatable bonds is 11. The van der Waals surface area contributed by atoms with Crippen molar-refractivity contribution in [2.75, 3.05) is 18.4 Å². The predicted molar refractivity (Wildman–Crippen MR) is 152 cm³/mol. The Labute approximate surface area is 230 Å². The third-order valence-corrected chi connectivity index (χ3v) is 6.62. The molecule has 4 aromatic rings. The molecule has 7 nitrogen and oxygen atoms in total. The lowest BCUT2D eigenvalue weighted by atomic mass is 10.0. The minimum atomic E-state index is -0.308.